The number of para-hydroxylation sites is 1. The van der Waals surface area contributed by atoms with Crippen molar-refractivity contribution in [1.82, 2.24) is 10.2 Å². The number of hydrogen-bond acceptors (Lipinski definition) is 4. The van der Waals surface area contributed by atoms with Gasteiger partial charge in [-0.05, 0) is 51.0 Å². The Balaban J connectivity index is 1.82. The lowest BCUT2D eigenvalue weighted by atomic mass is 9.97. The van der Waals surface area contributed by atoms with E-state index in [1.54, 1.807) is 24.3 Å². The fourth-order valence-electron chi connectivity index (χ4n) is 2.45. The van der Waals surface area contributed by atoms with Crippen LogP contribution < -0.4 is 10.6 Å². The third-order valence-corrected chi connectivity index (χ3v) is 3.89. The lowest BCUT2D eigenvalue weighted by Gasteiger charge is -2.28. The minimum Gasteiger partial charge on any atom is -0.348 e. The first-order chi connectivity index (χ1) is 10.6. The molecule has 116 valence electrons. The average molecular weight is 300 g/mol. The zero-order valence-corrected chi connectivity index (χ0v) is 12.6. The normalized spacial score (nSPS) is 15.8. The maximum absolute atomic E-state index is 11.9. The molecule has 0 aliphatic carbocycles. The Morgan fingerprint density at radius 3 is 2.64 bits per heavy atom. The molecule has 0 radical (unpaired) electrons. The molecule has 1 aliphatic rings. The summed E-state index contributed by atoms with van der Waals surface area (Å²) in [4.78, 5) is 26.0. The van der Waals surface area contributed by atoms with Crippen LogP contribution in [0.1, 0.15) is 18.4 Å². The van der Waals surface area contributed by atoms with Crippen molar-refractivity contribution in [3.05, 3.63) is 29.8 Å². The fourth-order valence-corrected chi connectivity index (χ4v) is 2.45. The molecule has 2 N–H and O–H groups in total. The van der Waals surface area contributed by atoms with E-state index in [9.17, 15) is 9.59 Å². The van der Waals surface area contributed by atoms with Gasteiger partial charge >= 0.3 is 11.8 Å². The second-order valence-corrected chi connectivity index (χ2v) is 5.57. The van der Waals surface area contributed by atoms with Crippen LogP contribution >= 0.6 is 0 Å². The predicted octanol–water partition coefficient (Wildman–Crippen LogP) is 0.955. The summed E-state index contributed by atoms with van der Waals surface area (Å²) >= 11 is 0. The third kappa shape index (κ3) is 4.30. The van der Waals surface area contributed by atoms with Gasteiger partial charge in [0.25, 0.3) is 0 Å². The van der Waals surface area contributed by atoms with Crippen molar-refractivity contribution in [3.63, 3.8) is 0 Å². The molecular weight excluding hydrogens is 280 g/mol. The number of piperidine rings is 1. The maximum atomic E-state index is 11.9. The Labute approximate surface area is 130 Å². The topological polar surface area (TPSA) is 85.2 Å². The summed E-state index contributed by atoms with van der Waals surface area (Å²) in [7, 11) is 2.08. The first kappa shape index (κ1) is 16.0. The van der Waals surface area contributed by atoms with Crippen LogP contribution in [0.25, 0.3) is 0 Å². The first-order valence-electron chi connectivity index (χ1n) is 7.37. The molecule has 1 fully saturated rings. The number of hydrogen-bond donors (Lipinski definition) is 2. The zero-order valence-electron chi connectivity index (χ0n) is 12.6. The Kier molecular flexibility index (Phi) is 5.50. The average Bonchev–Trinajstić information content (AvgIpc) is 2.54. The molecule has 6 nitrogen and oxygen atoms in total. The van der Waals surface area contributed by atoms with Gasteiger partial charge in [-0.2, -0.15) is 5.26 Å². The van der Waals surface area contributed by atoms with Gasteiger partial charge in [0.2, 0.25) is 0 Å². The van der Waals surface area contributed by atoms with E-state index in [0.717, 1.165) is 25.9 Å². The Morgan fingerprint density at radius 2 is 1.95 bits per heavy atom. The third-order valence-electron chi connectivity index (χ3n) is 3.89. The number of nitrogens with one attached hydrogen (secondary N) is 2. The van der Waals surface area contributed by atoms with E-state index in [-0.39, 0.29) is 0 Å². The van der Waals surface area contributed by atoms with Crippen LogP contribution in [0.4, 0.5) is 5.69 Å². The van der Waals surface area contributed by atoms with Crippen LogP contribution in [-0.2, 0) is 9.59 Å². The summed E-state index contributed by atoms with van der Waals surface area (Å²) in [5.41, 5.74) is 0.684. The summed E-state index contributed by atoms with van der Waals surface area (Å²) < 4.78 is 0. The van der Waals surface area contributed by atoms with Gasteiger partial charge in [-0.25, -0.2) is 0 Å². The lowest BCUT2D eigenvalue weighted by molar-refractivity contribution is -0.136. The second kappa shape index (κ2) is 7.57. The number of carbonyl (C=O) groups excluding carboxylic acids is 2. The van der Waals surface area contributed by atoms with Crippen LogP contribution in [0.15, 0.2) is 24.3 Å². The highest BCUT2D eigenvalue weighted by atomic mass is 16.2. The van der Waals surface area contributed by atoms with Gasteiger partial charge in [-0.3, -0.25) is 9.59 Å². The van der Waals surface area contributed by atoms with Crippen molar-refractivity contribution in [2.75, 3.05) is 32.0 Å². The Hall–Kier alpha value is -2.39. The molecule has 6 heteroatoms. The summed E-state index contributed by atoms with van der Waals surface area (Å²) in [5.74, 6) is -0.985. The molecule has 22 heavy (non-hydrogen) atoms. The maximum Gasteiger partial charge on any atom is 0.313 e. The molecule has 0 bridgehead atoms. The van der Waals surface area contributed by atoms with Gasteiger partial charge < -0.3 is 15.5 Å². The van der Waals surface area contributed by atoms with Crippen LogP contribution in [0.2, 0.25) is 0 Å². The van der Waals surface area contributed by atoms with Crippen LogP contribution in [0.5, 0.6) is 0 Å². The number of carbonyl (C=O) groups is 2. The fraction of sp³-hybridized carbons (Fsp3) is 0.438. The van der Waals surface area contributed by atoms with Gasteiger partial charge in [-0.1, -0.05) is 12.1 Å². The van der Waals surface area contributed by atoms with E-state index in [0.29, 0.717) is 23.7 Å². The second-order valence-electron chi connectivity index (χ2n) is 5.57. The molecule has 0 saturated carbocycles. The molecule has 0 spiro atoms. The predicted molar refractivity (Wildman–Crippen MR) is 83.0 cm³/mol. The molecule has 0 aromatic heterocycles. The van der Waals surface area contributed by atoms with E-state index in [4.69, 9.17) is 5.26 Å². The number of amides is 2. The summed E-state index contributed by atoms with van der Waals surface area (Å²) in [6.07, 6.45) is 2.05. The Morgan fingerprint density at radius 1 is 1.27 bits per heavy atom. The standard InChI is InChI=1S/C16H20N4O2/c1-20-8-6-12(7-9-20)11-18-15(21)16(22)19-14-5-3-2-4-13(14)10-17/h2-5,12H,6-9,11H2,1H3,(H,18,21)(H,19,22). The molecule has 2 rings (SSSR count). The molecule has 0 atom stereocenters. The van der Waals surface area contributed by atoms with Gasteiger partial charge in [0.05, 0.1) is 11.3 Å². The minimum atomic E-state index is -0.740. The molecule has 1 aromatic carbocycles. The highest BCUT2D eigenvalue weighted by Crippen LogP contribution is 2.15. The quantitative estimate of drug-likeness (QED) is 0.814. The number of likely N-dealkylation sites (tertiary alicyclic amines) is 1. The van der Waals surface area contributed by atoms with Crippen molar-refractivity contribution in [2.24, 2.45) is 5.92 Å². The van der Waals surface area contributed by atoms with E-state index >= 15 is 0 Å². The zero-order chi connectivity index (χ0) is 15.9. The van der Waals surface area contributed by atoms with Gasteiger partial charge in [0.1, 0.15) is 6.07 Å². The largest absolute Gasteiger partial charge is 0.348 e. The molecule has 2 amide bonds. The molecule has 1 heterocycles. The minimum absolute atomic E-state index is 0.332. The van der Waals surface area contributed by atoms with Crippen molar-refractivity contribution >= 4 is 17.5 Å². The lowest BCUT2D eigenvalue weighted by Crippen LogP contribution is -2.41. The summed E-state index contributed by atoms with van der Waals surface area (Å²) in [5, 5.41) is 14.1. The number of nitriles is 1. The Bertz CT molecular complexity index is 586. The first-order valence-corrected chi connectivity index (χ1v) is 7.37. The van der Waals surface area contributed by atoms with Crippen LogP contribution in [0.3, 0.4) is 0 Å². The highest BCUT2D eigenvalue weighted by Gasteiger charge is 2.20. The molecule has 0 unspecified atom stereocenters. The highest BCUT2D eigenvalue weighted by molar-refractivity contribution is 6.39. The summed E-state index contributed by atoms with van der Waals surface area (Å²) in [6.45, 7) is 2.55. The number of benzene rings is 1. The molecule has 1 aromatic rings. The van der Waals surface area contributed by atoms with E-state index in [1.807, 2.05) is 6.07 Å². The van der Waals surface area contributed by atoms with Crippen LogP contribution in [-0.4, -0.2) is 43.4 Å². The van der Waals surface area contributed by atoms with Crippen molar-refractivity contribution < 1.29 is 9.59 Å². The smallest absolute Gasteiger partial charge is 0.313 e. The van der Waals surface area contributed by atoms with Crippen LogP contribution in [0, 0.1) is 17.2 Å². The SMILES string of the molecule is CN1CCC(CNC(=O)C(=O)Nc2ccccc2C#N)CC1. The monoisotopic (exact) mass is 300 g/mol. The molecule has 1 saturated heterocycles. The number of nitrogens with zero attached hydrogens (tertiary/aromatic N) is 2. The number of anilines is 1. The van der Waals surface area contributed by atoms with Gasteiger partial charge in [0, 0.05) is 6.54 Å². The van der Waals surface area contributed by atoms with E-state index < -0.39 is 11.8 Å². The van der Waals surface area contributed by atoms with Crippen molar-refractivity contribution in [3.8, 4) is 6.07 Å². The van der Waals surface area contributed by atoms with Gasteiger partial charge in [0.15, 0.2) is 0 Å². The van der Waals surface area contributed by atoms with Crippen molar-refractivity contribution in [1.29, 1.82) is 5.26 Å². The van der Waals surface area contributed by atoms with E-state index in [1.165, 1.54) is 0 Å². The van der Waals surface area contributed by atoms with E-state index in [2.05, 4.69) is 22.6 Å². The molecular formula is C16H20N4O2. The number of rotatable bonds is 3. The summed E-state index contributed by atoms with van der Waals surface area (Å²) in [6, 6.07) is 8.57. The van der Waals surface area contributed by atoms with Gasteiger partial charge in [-0.15, -0.1) is 0 Å². The van der Waals surface area contributed by atoms with Crippen molar-refractivity contribution in [2.45, 2.75) is 12.8 Å². The molecule has 1 aliphatic heterocycles.